The molecule has 2 saturated heterocycles. The molecular weight excluding hydrogens is 192 g/mol. The van der Waals surface area contributed by atoms with Crippen molar-refractivity contribution in [2.24, 2.45) is 11.7 Å². The molecule has 0 aromatic heterocycles. The smallest absolute Gasteiger partial charge is 0.0219 e. The van der Waals surface area contributed by atoms with Gasteiger partial charge in [0.2, 0.25) is 0 Å². The van der Waals surface area contributed by atoms with E-state index in [1.165, 1.54) is 38.1 Å². The molecule has 14 heavy (non-hydrogen) atoms. The number of hydrogen-bond acceptors (Lipinski definition) is 3. The zero-order valence-corrected chi connectivity index (χ0v) is 9.93. The van der Waals surface area contributed by atoms with Gasteiger partial charge in [-0.3, -0.25) is 4.90 Å². The van der Waals surface area contributed by atoms with Crippen LogP contribution in [0.3, 0.4) is 0 Å². The highest BCUT2D eigenvalue weighted by Crippen LogP contribution is 2.32. The monoisotopic (exact) mass is 214 g/mol. The topological polar surface area (TPSA) is 29.3 Å². The fourth-order valence-corrected chi connectivity index (χ4v) is 4.00. The van der Waals surface area contributed by atoms with Crippen LogP contribution in [0.1, 0.15) is 26.2 Å². The second-order valence-corrected chi connectivity index (χ2v) is 6.13. The van der Waals surface area contributed by atoms with Gasteiger partial charge < -0.3 is 5.73 Å². The van der Waals surface area contributed by atoms with E-state index in [9.17, 15) is 0 Å². The molecule has 2 fully saturated rings. The van der Waals surface area contributed by atoms with E-state index in [2.05, 4.69) is 23.6 Å². The molecule has 0 spiro atoms. The zero-order chi connectivity index (χ0) is 9.97. The molecule has 2 atom stereocenters. The molecule has 2 aliphatic rings. The van der Waals surface area contributed by atoms with E-state index >= 15 is 0 Å². The molecule has 0 aromatic rings. The first-order valence-corrected chi connectivity index (χ1v) is 6.92. The maximum atomic E-state index is 5.71. The van der Waals surface area contributed by atoms with Gasteiger partial charge >= 0.3 is 0 Å². The Morgan fingerprint density at radius 3 is 2.50 bits per heavy atom. The van der Waals surface area contributed by atoms with Crippen LogP contribution in [0, 0.1) is 5.92 Å². The summed E-state index contributed by atoms with van der Waals surface area (Å²) < 4.78 is 0. The van der Waals surface area contributed by atoms with E-state index in [0.29, 0.717) is 0 Å². The quantitative estimate of drug-likeness (QED) is 0.756. The van der Waals surface area contributed by atoms with Crippen molar-refractivity contribution < 1.29 is 0 Å². The Hall–Kier alpha value is 0.270. The molecule has 3 heteroatoms. The molecule has 2 rings (SSSR count). The van der Waals surface area contributed by atoms with Crippen molar-refractivity contribution in [1.29, 1.82) is 0 Å². The number of nitrogens with zero attached hydrogens (tertiary/aromatic N) is 1. The average Bonchev–Trinajstić information content (AvgIpc) is 2.65. The van der Waals surface area contributed by atoms with Gasteiger partial charge in [0.15, 0.2) is 0 Å². The molecular formula is C11H22N2S. The van der Waals surface area contributed by atoms with Crippen LogP contribution in [0.25, 0.3) is 0 Å². The summed E-state index contributed by atoms with van der Waals surface area (Å²) in [7, 11) is 0. The van der Waals surface area contributed by atoms with Crippen LogP contribution in [0.2, 0.25) is 0 Å². The van der Waals surface area contributed by atoms with Crippen molar-refractivity contribution in [1.82, 2.24) is 4.90 Å². The van der Waals surface area contributed by atoms with Crippen molar-refractivity contribution in [2.75, 3.05) is 25.4 Å². The van der Waals surface area contributed by atoms with Gasteiger partial charge in [-0.05, 0) is 50.6 Å². The van der Waals surface area contributed by atoms with E-state index in [0.717, 1.165) is 23.8 Å². The van der Waals surface area contributed by atoms with Gasteiger partial charge in [0, 0.05) is 11.3 Å². The number of rotatable bonds is 2. The predicted molar refractivity (Wildman–Crippen MR) is 63.7 cm³/mol. The lowest BCUT2D eigenvalue weighted by Gasteiger charge is -2.37. The Labute approximate surface area is 91.6 Å². The van der Waals surface area contributed by atoms with Gasteiger partial charge in [-0.2, -0.15) is 11.8 Å². The highest BCUT2D eigenvalue weighted by Gasteiger charge is 2.31. The Kier molecular flexibility index (Phi) is 3.74. The van der Waals surface area contributed by atoms with Crippen molar-refractivity contribution in [3.8, 4) is 0 Å². The molecule has 2 nitrogen and oxygen atoms in total. The third-order valence-corrected chi connectivity index (χ3v) is 5.10. The van der Waals surface area contributed by atoms with Crippen LogP contribution < -0.4 is 5.73 Å². The molecule has 0 aliphatic carbocycles. The summed E-state index contributed by atoms with van der Waals surface area (Å²) in [5.41, 5.74) is 5.71. The van der Waals surface area contributed by atoms with E-state index in [4.69, 9.17) is 5.73 Å². The van der Waals surface area contributed by atoms with Crippen molar-refractivity contribution >= 4 is 11.8 Å². The average molecular weight is 214 g/mol. The second kappa shape index (κ2) is 4.86. The Morgan fingerprint density at radius 2 is 2.00 bits per heavy atom. The second-order valence-electron chi connectivity index (χ2n) is 4.65. The van der Waals surface area contributed by atoms with Gasteiger partial charge in [-0.15, -0.1) is 0 Å². The van der Waals surface area contributed by atoms with E-state index in [1.54, 1.807) is 0 Å². The summed E-state index contributed by atoms with van der Waals surface area (Å²) in [5, 5.41) is 0.851. The number of hydrogen-bond donors (Lipinski definition) is 1. The standard InChI is InChI=1S/C11H22N2S/c1-9-11(4-7-14-9)13-5-2-10(8-12)3-6-13/h9-11H,2-8,12H2,1H3. The Bertz CT molecular complexity index is 178. The number of likely N-dealkylation sites (tertiary alicyclic amines) is 1. The number of nitrogens with two attached hydrogens (primary N) is 1. The molecule has 0 aromatic carbocycles. The van der Waals surface area contributed by atoms with Gasteiger partial charge in [0.05, 0.1) is 0 Å². The molecule has 2 unspecified atom stereocenters. The van der Waals surface area contributed by atoms with Crippen LogP contribution in [-0.4, -0.2) is 41.6 Å². The highest BCUT2D eigenvalue weighted by molar-refractivity contribution is 8.00. The predicted octanol–water partition coefficient (Wildman–Crippen LogP) is 1.55. The lowest BCUT2D eigenvalue weighted by atomic mass is 9.95. The van der Waals surface area contributed by atoms with Crippen molar-refractivity contribution in [3.63, 3.8) is 0 Å². The molecule has 82 valence electrons. The lowest BCUT2D eigenvalue weighted by molar-refractivity contribution is 0.135. The van der Waals surface area contributed by atoms with E-state index < -0.39 is 0 Å². The Morgan fingerprint density at radius 1 is 1.29 bits per heavy atom. The molecule has 0 radical (unpaired) electrons. The third-order valence-electron chi connectivity index (χ3n) is 3.79. The van der Waals surface area contributed by atoms with Gasteiger partial charge in [-0.1, -0.05) is 6.92 Å². The molecule has 0 amide bonds. The summed E-state index contributed by atoms with van der Waals surface area (Å²) in [6.07, 6.45) is 4.05. The lowest BCUT2D eigenvalue weighted by Crippen LogP contribution is -2.44. The molecule has 0 saturated carbocycles. The summed E-state index contributed by atoms with van der Waals surface area (Å²) in [6.45, 7) is 5.86. The van der Waals surface area contributed by atoms with Gasteiger partial charge in [0.1, 0.15) is 0 Å². The minimum absolute atomic E-state index is 0.801. The minimum Gasteiger partial charge on any atom is -0.330 e. The van der Waals surface area contributed by atoms with Crippen LogP contribution >= 0.6 is 11.8 Å². The highest BCUT2D eigenvalue weighted by atomic mass is 32.2. The molecule has 2 N–H and O–H groups in total. The largest absolute Gasteiger partial charge is 0.330 e. The van der Waals surface area contributed by atoms with Gasteiger partial charge in [0.25, 0.3) is 0 Å². The van der Waals surface area contributed by atoms with Crippen LogP contribution in [0.15, 0.2) is 0 Å². The number of thioether (sulfide) groups is 1. The maximum Gasteiger partial charge on any atom is 0.0219 e. The Balaban J connectivity index is 1.82. The third kappa shape index (κ3) is 2.26. The summed E-state index contributed by atoms with van der Waals surface area (Å²) >= 11 is 2.14. The van der Waals surface area contributed by atoms with E-state index in [-0.39, 0.29) is 0 Å². The maximum absolute atomic E-state index is 5.71. The molecule has 2 heterocycles. The number of piperidine rings is 1. The zero-order valence-electron chi connectivity index (χ0n) is 9.11. The first kappa shape index (κ1) is 10.8. The first-order valence-electron chi connectivity index (χ1n) is 5.87. The molecule has 0 bridgehead atoms. The minimum atomic E-state index is 0.801. The van der Waals surface area contributed by atoms with Gasteiger partial charge in [-0.25, -0.2) is 0 Å². The first-order chi connectivity index (χ1) is 6.81. The summed E-state index contributed by atoms with van der Waals surface area (Å²) in [4.78, 5) is 2.71. The SMILES string of the molecule is CC1SCCC1N1CCC(CN)CC1. The van der Waals surface area contributed by atoms with Crippen molar-refractivity contribution in [2.45, 2.75) is 37.5 Å². The molecule has 2 aliphatic heterocycles. The fourth-order valence-electron chi connectivity index (χ4n) is 2.72. The van der Waals surface area contributed by atoms with Crippen LogP contribution in [0.4, 0.5) is 0 Å². The van der Waals surface area contributed by atoms with Crippen molar-refractivity contribution in [3.05, 3.63) is 0 Å². The van der Waals surface area contributed by atoms with Crippen LogP contribution in [-0.2, 0) is 0 Å². The fraction of sp³-hybridized carbons (Fsp3) is 1.00. The van der Waals surface area contributed by atoms with E-state index in [1.807, 2.05) is 0 Å². The normalized spacial score (nSPS) is 36.4. The van der Waals surface area contributed by atoms with Crippen LogP contribution in [0.5, 0.6) is 0 Å². The summed E-state index contributed by atoms with van der Waals surface area (Å²) in [6, 6.07) is 0.860. The summed E-state index contributed by atoms with van der Waals surface area (Å²) in [5.74, 6) is 2.17.